The van der Waals surface area contributed by atoms with Crippen LogP contribution in [0.4, 0.5) is 0 Å². The summed E-state index contributed by atoms with van der Waals surface area (Å²) < 4.78 is 1.21. The summed E-state index contributed by atoms with van der Waals surface area (Å²) in [7, 11) is 0. The Bertz CT molecular complexity index is 724. The van der Waals surface area contributed by atoms with Crippen LogP contribution in [0.25, 0.3) is 22.8 Å². The van der Waals surface area contributed by atoms with Crippen LogP contribution >= 0.6 is 22.6 Å². The van der Waals surface area contributed by atoms with Crippen LogP contribution in [0.1, 0.15) is 5.69 Å². The van der Waals surface area contributed by atoms with Gasteiger partial charge in [-0.05, 0) is 59.8 Å². The highest BCUT2D eigenvalue weighted by atomic mass is 127. The molecule has 3 aromatic rings. The predicted octanol–water partition coefficient (Wildman–Crippen LogP) is 4.12. The predicted molar refractivity (Wildman–Crippen MR) is 88.2 cm³/mol. The van der Waals surface area contributed by atoms with Crippen LogP contribution in [-0.4, -0.2) is 15.0 Å². The van der Waals surface area contributed by atoms with Gasteiger partial charge >= 0.3 is 0 Å². The first kappa shape index (κ1) is 13.2. The van der Waals surface area contributed by atoms with E-state index in [2.05, 4.69) is 61.8 Å². The number of pyridine rings is 1. The summed E-state index contributed by atoms with van der Waals surface area (Å²) in [6, 6.07) is 16.1. The molecule has 2 heterocycles. The molecule has 0 aliphatic rings. The molecular formula is C16H12IN3. The van der Waals surface area contributed by atoms with Crippen molar-refractivity contribution in [1.29, 1.82) is 0 Å². The van der Waals surface area contributed by atoms with Crippen molar-refractivity contribution in [2.45, 2.75) is 6.92 Å². The zero-order chi connectivity index (χ0) is 13.9. The van der Waals surface area contributed by atoms with Crippen LogP contribution in [0.15, 0.2) is 54.7 Å². The number of rotatable bonds is 2. The Morgan fingerprint density at radius 2 is 1.70 bits per heavy atom. The van der Waals surface area contributed by atoms with Gasteiger partial charge in [0.1, 0.15) is 5.69 Å². The van der Waals surface area contributed by atoms with Crippen LogP contribution in [-0.2, 0) is 0 Å². The Balaban J connectivity index is 2.09. The third kappa shape index (κ3) is 2.85. The van der Waals surface area contributed by atoms with Crippen LogP contribution in [0.3, 0.4) is 0 Å². The quantitative estimate of drug-likeness (QED) is 0.635. The molecule has 0 atom stereocenters. The van der Waals surface area contributed by atoms with Gasteiger partial charge in [-0.3, -0.25) is 4.98 Å². The lowest BCUT2D eigenvalue weighted by Crippen LogP contribution is -1.96. The molecule has 0 N–H and O–H groups in total. The SMILES string of the molecule is Cc1cc(-c2ccc(I)cc2)nc(-c2ccccn2)n1. The minimum absolute atomic E-state index is 0.666. The van der Waals surface area contributed by atoms with Crippen molar-refractivity contribution in [2.75, 3.05) is 0 Å². The van der Waals surface area contributed by atoms with Gasteiger partial charge in [0.25, 0.3) is 0 Å². The Morgan fingerprint density at radius 1 is 0.900 bits per heavy atom. The van der Waals surface area contributed by atoms with E-state index in [0.29, 0.717) is 5.82 Å². The molecule has 0 aliphatic carbocycles. The Morgan fingerprint density at radius 3 is 2.40 bits per heavy atom. The molecule has 3 nitrogen and oxygen atoms in total. The van der Waals surface area contributed by atoms with Gasteiger partial charge in [0.05, 0.1) is 5.69 Å². The third-order valence-electron chi connectivity index (χ3n) is 2.89. The molecule has 0 saturated heterocycles. The van der Waals surface area contributed by atoms with Gasteiger partial charge in [-0.15, -0.1) is 0 Å². The number of aromatic nitrogens is 3. The lowest BCUT2D eigenvalue weighted by Gasteiger charge is -2.06. The lowest BCUT2D eigenvalue weighted by atomic mass is 10.1. The standard InChI is InChI=1S/C16H12IN3/c1-11-10-15(12-5-7-13(17)8-6-12)20-16(19-11)14-4-2-3-9-18-14/h2-10H,1H3. The normalized spacial score (nSPS) is 10.5. The number of aryl methyl sites for hydroxylation is 1. The van der Waals surface area contributed by atoms with E-state index in [9.17, 15) is 0 Å². The molecule has 0 radical (unpaired) electrons. The van der Waals surface area contributed by atoms with Crippen molar-refractivity contribution >= 4 is 22.6 Å². The molecule has 0 saturated carbocycles. The van der Waals surface area contributed by atoms with Crippen molar-refractivity contribution in [2.24, 2.45) is 0 Å². The molecule has 0 amide bonds. The molecule has 2 aromatic heterocycles. The number of nitrogens with zero attached hydrogens (tertiary/aromatic N) is 3. The zero-order valence-electron chi connectivity index (χ0n) is 10.9. The van der Waals surface area contributed by atoms with Gasteiger partial charge < -0.3 is 0 Å². The lowest BCUT2D eigenvalue weighted by molar-refractivity contribution is 1.09. The number of hydrogen-bond donors (Lipinski definition) is 0. The first-order valence-electron chi connectivity index (χ1n) is 6.25. The fraction of sp³-hybridized carbons (Fsp3) is 0.0625. The Labute approximate surface area is 131 Å². The van der Waals surface area contributed by atoms with E-state index in [1.807, 2.05) is 31.2 Å². The summed E-state index contributed by atoms with van der Waals surface area (Å²) in [5.74, 6) is 0.666. The third-order valence-corrected chi connectivity index (χ3v) is 3.61. The fourth-order valence-corrected chi connectivity index (χ4v) is 2.31. The van der Waals surface area contributed by atoms with Gasteiger partial charge in [-0.1, -0.05) is 18.2 Å². The monoisotopic (exact) mass is 373 g/mol. The second-order valence-electron chi connectivity index (χ2n) is 4.44. The highest BCUT2D eigenvalue weighted by Gasteiger charge is 2.07. The summed E-state index contributed by atoms with van der Waals surface area (Å²) >= 11 is 2.30. The van der Waals surface area contributed by atoms with E-state index in [-0.39, 0.29) is 0 Å². The van der Waals surface area contributed by atoms with Crippen molar-refractivity contribution < 1.29 is 0 Å². The maximum Gasteiger partial charge on any atom is 0.178 e. The highest BCUT2D eigenvalue weighted by molar-refractivity contribution is 14.1. The van der Waals surface area contributed by atoms with E-state index in [1.54, 1.807) is 6.20 Å². The average molecular weight is 373 g/mol. The summed E-state index contributed by atoms with van der Waals surface area (Å²) in [6.45, 7) is 1.98. The van der Waals surface area contributed by atoms with Crippen molar-refractivity contribution in [1.82, 2.24) is 15.0 Å². The summed E-state index contributed by atoms with van der Waals surface area (Å²) in [4.78, 5) is 13.4. The molecule has 4 heteroatoms. The van der Waals surface area contributed by atoms with Gasteiger partial charge in [0.15, 0.2) is 5.82 Å². The Hall–Kier alpha value is -1.82. The van der Waals surface area contributed by atoms with E-state index in [0.717, 1.165) is 22.6 Å². The molecule has 20 heavy (non-hydrogen) atoms. The van der Waals surface area contributed by atoms with Crippen LogP contribution in [0.5, 0.6) is 0 Å². The first-order valence-corrected chi connectivity index (χ1v) is 7.33. The summed E-state index contributed by atoms with van der Waals surface area (Å²) in [6.07, 6.45) is 1.76. The number of hydrogen-bond acceptors (Lipinski definition) is 3. The molecule has 0 spiro atoms. The largest absolute Gasteiger partial charge is 0.253 e. The minimum atomic E-state index is 0.666. The molecule has 0 unspecified atom stereocenters. The van der Waals surface area contributed by atoms with Gasteiger partial charge in [-0.25, -0.2) is 9.97 Å². The topological polar surface area (TPSA) is 38.7 Å². The fourth-order valence-electron chi connectivity index (χ4n) is 1.95. The number of benzene rings is 1. The maximum absolute atomic E-state index is 4.63. The van der Waals surface area contributed by atoms with Gasteiger partial charge in [0, 0.05) is 21.0 Å². The number of halogens is 1. The molecule has 0 fully saturated rings. The summed E-state index contributed by atoms with van der Waals surface area (Å²) in [5, 5.41) is 0. The van der Waals surface area contributed by atoms with E-state index in [1.165, 1.54) is 3.57 Å². The first-order chi connectivity index (χ1) is 9.72. The summed E-state index contributed by atoms with van der Waals surface area (Å²) in [5.41, 5.74) is 3.75. The van der Waals surface area contributed by atoms with Gasteiger partial charge in [-0.2, -0.15) is 0 Å². The van der Waals surface area contributed by atoms with Crippen LogP contribution in [0.2, 0.25) is 0 Å². The molecular weight excluding hydrogens is 361 g/mol. The van der Waals surface area contributed by atoms with Crippen LogP contribution < -0.4 is 0 Å². The van der Waals surface area contributed by atoms with E-state index >= 15 is 0 Å². The second-order valence-corrected chi connectivity index (χ2v) is 5.69. The molecule has 0 bridgehead atoms. The highest BCUT2D eigenvalue weighted by Crippen LogP contribution is 2.22. The maximum atomic E-state index is 4.63. The van der Waals surface area contributed by atoms with Crippen LogP contribution in [0, 0.1) is 10.5 Å². The van der Waals surface area contributed by atoms with Crippen molar-refractivity contribution in [3.63, 3.8) is 0 Å². The molecule has 98 valence electrons. The van der Waals surface area contributed by atoms with Crippen molar-refractivity contribution in [3.8, 4) is 22.8 Å². The molecule has 0 aliphatic heterocycles. The smallest absolute Gasteiger partial charge is 0.178 e. The van der Waals surface area contributed by atoms with E-state index in [4.69, 9.17) is 0 Å². The zero-order valence-corrected chi connectivity index (χ0v) is 13.1. The average Bonchev–Trinajstić information content (AvgIpc) is 2.48. The Kier molecular flexibility index (Phi) is 3.73. The van der Waals surface area contributed by atoms with Crippen molar-refractivity contribution in [3.05, 3.63) is 64.0 Å². The van der Waals surface area contributed by atoms with Gasteiger partial charge in [0.2, 0.25) is 0 Å². The minimum Gasteiger partial charge on any atom is -0.253 e. The molecule has 1 aromatic carbocycles. The second kappa shape index (κ2) is 5.66. The molecule has 3 rings (SSSR count). The van der Waals surface area contributed by atoms with E-state index < -0.39 is 0 Å².